The number of fused-ring (bicyclic) bond motifs is 1. The Morgan fingerprint density at radius 2 is 2.06 bits per heavy atom. The van der Waals surface area contributed by atoms with E-state index >= 15 is 0 Å². The highest BCUT2D eigenvalue weighted by molar-refractivity contribution is 7.22. The SMILES string of the molecule is O=Cc1cccc(-c2cc3cc(Cl)ccc3s2)n1. The van der Waals surface area contributed by atoms with E-state index in [-0.39, 0.29) is 0 Å². The van der Waals surface area contributed by atoms with Crippen LogP contribution in [-0.4, -0.2) is 11.3 Å². The number of halogens is 1. The van der Waals surface area contributed by atoms with Crippen LogP contribution in [0.1, 0.15) is 10.5 Å². The fourth-order valence-electron chi connectivity index (χ4n) is 1.79. The van der Waals surface area contributed by atoms with Crippen molar-refractivity contribution in [2.75, 3.05) is 0 Å². The standard InChI is InChI=1S/C14H8ClNOS/c15-10-4-5-13-9(6-10)7-14(18-13)12-3-1-2-11(8-17)16-12/h1-8H. The molecule has 0 saturated carbocycles. The Kier molecular flexibility index (Phi) is 2.86. The van der Waals surface area contributed by atoms with Crippen LogP contribution in [0.3, 0.4) is 0 Å². The number of aldehydes is 1. The third-order valence-corrected chi connectivity index (χ3v) is 4.00. The van der Waals surface area contributed by atoms with Crippen molar-refractivity contribution in [2.24, 2.45) is 0 Å². The summed E-state index contributed by atoms with van der Waals surface area (Å²) in [5, 5.41) is 1.82. The number of aromatic nitrogens is 1. The zero-order valence-corrected chi connectivity index (χ0v) is 10.8. The van der Waals surface area contributed by atoms with Gasteiger partial charge in [-0.2, -0.15) is 0 Å². The number of hydrogen-bond acceptors (Lipinski definition) is 3. The summed E-state index contributed by atoms with van der Waals surface area (Å²) in [5.74, 6) is 0. The molecule has 0 amide bonds. The first-order valence-electron chi connectivity index (χ1n) is 5.38. The zero-order chi connectivity index (χ0) is 12.5. The molecule has 0 aliphatic rings. The third-order valence-electron chi connectivity index (χ3n) is 2.62. The first-order valence-corrected chi connectivity index (χ1v) is 6.57. The van der Waals surface area contributed by atoms with Crippen LogP contribution in [0.2, 0.25) is 5.02 Å². The van der Waals surface area contributed by atoms with Crippen molar-refractivity contribution in [3.63, 3.8) is 0 Å². The van der Waals surface area contributed by atoms with Gasteiger partial charge in [-0.3, -0.25) is 4.79 Å². The molecule has 0 aliphatic heterocycles. The van der Waals surface area contributed by atoms with Gasteiger partial charge in [0, 0.05) is 9.72 Å². The second kappa shape index (κ2) is 4.52. The van der Waals surface area contributed by atoms with Crippen molar-refractivity contribution in [3.8, 4) is 10.6 Å². The first-order chi connectivity index (χ1) is 8.76. The van der Waals surface area contributed by atoms with Crippen LogP contribution in [0.25, 0.3) is 20.7 Å². The van der Waals surface area contributed by atoms with Gasteiger partial charge in [0.1, 0.15) is 5.69 Å². The topological polar surface area (TPSA) is 30.0 Å². The molecule has 0 unspecified atom stereocenters. The van der Waals surface area contributed by atoms with Gasteiger partial charge in [-0.25, -0.2) is 4.98 Å². The summed E-state index contributed by atoms with van der Waals surface area (Å²) < 4.78 is 1.16. The molecule has 18 heavy (non-hydrogen) atoms. The summed E-state index contributed by atoms with van der Waals surface area (Å²) in [6.45, 7) is 0. The number of thiophene rings is 1. The number of nitrogens with zero attached hydrogens (tertiary/aromatic N) is 1. The highest BCUT2D eigenvalue weighted by Crippen LogP contribution is 2.33. The van der Waals surface area contributed by atoms with E-state index in [1.54, 1.807) is 17.4 Å². The van der Waals surface area contributed by atoms with Crippen molar-refractivity contribution in [1.29, 1.82) is 0 Å². The van der Waals surface area contributed by atoms with Gasteiger partial charge < -0.3 is 0 Å². The molecule has 88 valence electrons. The van der Waals surface area contributed by atoms with Gasteiger partial charge in [0.15, 0.2) is 6.29 Å². The van der Waals surface area contributed by atoms with Gasteiger partial charge in [-0.05, 0) is 41.8 Å². The highest BCUT2D eigenvalue weighted by Gasteiger charge is 2.06. The van der Waals surface area contributed by atoms with Crippen molar-refractivity contribution >= 4 is 39.3 Å². The number of carbonyl (C=O) groups excluding carboxylic acids is 1. The van der Waals surface area contributed by atoms with E-state index in [1.807, 2.05) is 36.4 Å². The lowest BCUT2D eigenvalue weighted by Gasteiger charge is -1.96. The lowest BCUT2D eigenvalue weighted by atomic mass is 10.2. The normalized spacial score (nSPS) is 10.7. The molecule has 4 heteroatoms. The van der Waals surface area contributed by atoms with Crippen molar-refractivity contribution in [3.05, 3.63) is 53.2 Å². The summed E-state index contributed by atoms with van der Waals surface area (Å²) in [7, 11) is 0. The molecule has 1 aromatic carbocycles. The maximum Gasteiger partial charge on any atom is 0.168 e. The molecule has 0 radical (unpaired) electrons. The third kappa shape index (κ3) is 2.03. The minimum absolute atomic E-state index is 0.447. The van der Waals surface area contributed by atoms with E-state index in [1.165, 1.54) is 0 Å². The number of carbonyl (C=O) groups is 1. The summed E-state index contributed by atoms with van der Waals surface area (Å²) in [4.78, 5) is 16.1. The molecule has 0 bridgehead atoms. The molecule has 3 rings (SSSR count). The molecule has 2 aromatic heterocycles. The maximum absolute atomic E-state index is 10.7. The van der Waals surface area contributed by atoms with Gasteiger partial charge in [0.2, 0.25) is 0 Å². The van der Waals surface area contributed by atoms with E-state index < -0.39 is 0 Å². The highest BCUT2D eigenvalue weighted by atomic mass is 35.5. The Hall–Kier alpha value is -1.71. The molecule has 0 fully saturated rings. The van der Waals surface area contributed by atoms with E-state index in [4.69, 9.17) is 11.6 Å². The molecule has 0 saturated heterocycles. The number of hydrogen-bond donors (Lipinski definition) is 0. The average Bonchev–Trinajstić information content (AvgIpc) is 2.81. The average molecular weight is 274 g/mol. The lowest BCUT2D eigenvalue weighted by molar-refractivity contribution is 0.111. The van der Waals surface area contributed by atoms with Crippen molar-refractivity contribution < 1.29 is 4.79 Å². The first kappa shape index (κ1) is 11.4. The fourth-order valence-corrected chi connectivity index (χ4v) is 2.99. The minimum Gasteiger partial charge on any atom is -0.296 e. The molecular weight excluding hydrogens is 266 g/mol. The predicted octanol–water partition coefficient (Wildman–Crippen LogP) is 4.43. The van der Waals surface area contributed by atoms with Crippen LogP contribution < -0.4 is 0 Å². The minimum atomic E-state index is 0.447. The van der Waals surface area contributed by atoms with Crippen LogP contribution in [0, 0.1) is 0 Å². The molecule has 0 atom stereocenters. The van der Waals surface area contributed by atoms with Crippen LogP contribution in [0.5, 0.6) is 0 Å². The van der Waals surface area contributed by atoms with Gasteiger partial charge in [0.05, 0.1) is 10.6 Å². The molecule has 2 heterocycles. The zero-order valence-electron chi connectivity index (χ0n) is 9.26. The second-order valence-electron chi connectivity index (χ2n) is 3.86. The van der Waals surface area contributed by atoms with Crippen LogP contribution in [0.15, 0.2) is 42.5 Å². The smallest absolute Gasteiger partial charge is 0.168 e. The van der Waals surface area contributed by atoms with Crippen molar-refractivity contribution in [1.82, 2.24) is 4.98 Å². The van der Waals surface area contributed by atoms with Gasteiger partial charge in [-0.15, -0.1) is 11.3 Å². The van der Waals surface area contributed by atoms with Crippen LogP contribution in [-0.2, 0) is 0 Å². The maximum atomic E-state index is 10.7. The van der Waals surface area contributed by atoms with Crippen molar-refractivity contribution in [2.45, 2.75) is 0 Å². The Bertz CT molecular complexity index is 735. The largest absolute Gasteiger partial charge is 0.296 e. The Morgan fingerprint density at radius 3 is 2.89 bits per heavy atom. The molecule has 0 aliphatic carbocycles. The summed E-state index contributed by atoms with van der Waals surface area (Å²) in [6, 6.07) is 13.3. The van der Waals surface area contributed by atoms with E-state index in [0.717, 1.165) is 32.0 Å². The Labute approximate surface area is 113 Å². The summed E-state index contributed by atoms with van der Waals surface area (Å²) in [6.07, 6.45) is 0.758. The lowest BCUT2D eigenvalue weighted by Crippen LogP contribution is -1.87. The fraction of sp³-hybridized carbons (Fsp3) is 0. The monoisotopic (exact) mass is 273 g/mol. The number of rotatable bonds is 2. The van der Waals surface area contributed by atoms with Crippen LogP contribution in [0.4, 0.5) is 0 Å². The van der Waals surface area contributed by atoms with Gasteiger partial charge in [-0.1, -0.05) is 17.7 Å². The quantitative estimate of drug-likeness (QED) is 0.647. The molecule has 3 aromatic rings. The number of benzene rings is 1. The molecule has 2 nitrogen and oxygen atoms in total. The summed E-state index contributed by atoms with van der Waals surface area (Å²) >= 11 is 7.61. The van der Waals surface area contributed by atoms with E-state index in [2.05, 4.69) is 4.98 Å². The molecule has 0 N–H and O–H groups in total. The Morgan fingerprint density at radius 1 is 1.17 bits per heavy atom. The summed E-state index contributed by atoms with van der Waals surface area (Å²) in [5.41, 5.74) is 1.26. The van der Waals surface area contributed by atoms with Crippen LogP contribution >= 0.6 is 22.9 Å². The Balaban J connectivity index is 2.15. The van der Waals surface area contributed by atoms with E-state index in [0.29, 0.717) is 5.69 Å². The van der Waals surface area contributed by atoms with Gasteiger partial charge >= 0.3 is 0 Å². The molecule has 0 spiro atoms. The second-order valence-corrected chi connectivity index (χ2v) is 5.38. The van der Waals surface area contributed by atoms with E-state index in [9.17, 15) is 4.79 Å². The molecular formula is C14H8ClNOS. The predicted molar refractivity (Wildman–Crippen MR) is 75.5 cm³/mol. The van der Waals surface area contributed by atoms with Gasteiger partial charge in [0.25, 0.3) is 0 Å². The number of pyridine rings is 1.